The van der Waals surface area contributed by atoms with Crippen molar-refractivity contribution in [1.29, 1.82) is 0 Å². The van der Waals surface area contributed by atoms with Gasteiger partial charge in [0, 0.05) is 12.3 Å². The molecule has 5 N–H and O–H groups in total. The number of amides is 1. The number of rotatable bonds is 5. The van der Waals surface area contributed by atoms with Crippen LogP contribution < -0.4 is 5.73 Å². The van der Waals surface area contributed by atoms with E-state index < -0.39 is 37.1 Å². The highest BCUT2D eigenvalue weighted by Gasteiger charge is 2.45. The second-order valence-corrected chi connectivity index (χ2v) is 5.27. The Morgan fingerprint density at radius 3 is 2.74 bits per heavy atom. The Morgan fingerprint density at radius 1 is 1.43 bits per heavy atom. The zero-order valence-electron chi connectivity index (χ0n) is 12.1. The normalized spacial score (nSPS) is 26.8. The highest BCUT2D eigenvalue weighted by Crippen LogP contribution is 2.29. The monoisotopic (exact) mass is 344 g/mol. The maximum atomic E-state index is 11.5. The number of nitrogens with two attached hydrogens (primary N) is 1. The van der Waals surface area contributed by atoms with Gasteiger partial charge in [0.05, 0.1) is 6.61 Å². The highest BCUT2D eigenvalue weighted by molar-refractivity contribution is 6.17. The molecule has 0 saturated carbocycles. The molecule has 10 heteroatoms. The van der Waals surface area contributed by atoms with E-state index in [0.29, 0.717) is 18.7 Å². The molecule has 1 aromatic rings. The molecular weight excluding hydrogens is 328 g/mol. The van der Waals surface area contributed by atoms with Gasteiger partial charge in [0.15, 0.2) is 6.23 Å². The maximum absolute atomic E-state index is 11.5. The van der Waals surface area contributed by atoms with Crippen LogP contribution in [-0.4, -0.2) is 66.8 Å². The van der Waals surface area contributed by atoms with Gasteiger partial charge in [0.25, 0.3) is 5.91 Å². The lowest BCUT2D eigenvalue weighted by Crippen LogP contribution is -2.34. The van der Waals surface area contributed by atoms with Gasteiger partial charge in [-0.3, -0.25) is 4.79 Å². The number of aliphatic hydroxyl groups is 3. The van der Waals surface area contributed by atoms with Crippen LogP contribution in [0.25, 0.3) is 0 Å². The van der Waals surface area contributed by atoms with E-state index in [1.807, 2.05) is 0 Å². The predicted molar refractivity (Wildman–Crippen MR) is 78.4 cm³/mol. The Balaban J connectivity index is 2.28. The van der Waals surface area contributed by atoms with Crippen LogP contribution in [-0.2, 0) is 4.74 Å². The fourth-order valence-corrected chi connectivity index (χ4v) is 2.23. The van der Waals surface area contributed by atoms with Crippen molar-refractivity contribution in [2.75, 3.05) is 12.5 Å². The first-order valence-corrected chi connectivity index (χ1v) is 7.46. The van der Waals surface area contributed by atoms with Crippen molar-refractivity contribution < 1.29 is 24.9 Å². The number of hydrogen-bond donors (Lipinski definition) is 4. The van der Waals surface area contributed by atoms with E-state index in [1.165, 1.54) is 0 Å². The number of hydrogen-bond acceptors (Lipinski definition) is 7. The Bertz CT molecular complexity index is 626. The van der Waals surface area contributed by atoms with Crippen LogP contribution in [0.3, 0.4) is 0 Å². The van der Waals surface area contributed by atoms with Gasteiger partial charge in [-0.05, 0) is 12.3 Å². The first-order chi connectivity index (χ1) is 11.0. The first kappa shape index (κ1) is 17.7. The van der Waals surface area contributed by atoms with E-state index in [0.717, 1.165) is 4.68 Å². The van der Waals surface area contributed by atoms with Crippen molar-refractivity contribution in [2.45, 2.75) is 37.4 Å². The van der Waals surface area contributed by atoms with E-state index in [9.17, 15) is 15.0 Å². The summed E-state index contributed by atoms with van der Waals surface area (Å²) in [4.78, 5) is 15.4. The summed E-state index contributed by atoms with van der Waals surface area (Å²) < 4.78 is 6.28. The molecule has 0 spiro atoms. The molecule has 1 aliphatic rings. The molecule has 2 rings (SSSR count). The fraction of sp³-hybridized carbons (Fsp3) is 0.615. The summed E-state index contributed by atoms with van der Waals surface area (Å²) in [6, 6.07) is 0. The van der Waals surface area contributed by atoms with Crippen LogP contribution in [0.4, 0.5) is 0 Å². The van der Waals surface area contributed by atoms with Gasteiger partial charge in [-0.2, -0.15) is 4.98 Å². The number of alkyl halides is 1. The molecule has 4 atom stereocenters. The Labute approximate surface area is 137 Å². The molecule has 0 aliphatic carbocycles. The Hall–Kier alpha value is -1.70. The molecule has 9 nitrogen and oxygen atoms in total. The Morgan fingerprint density at radius 2 is 2.17 bits per heavy atom. The smallest absolute Gasteiger partial charge is 0.286 e. The number of nitrogens with zero attached hydrogens (tertiary/aromatic N) is 3. The van der Waals surface area contributed by atoms with Crippen LogP contribution in [0.15, 0.2) is 0 Å². The zero-order valence-corrected chi connectivity index (χ0v) is 12.8. The van der Waals surface area contributed by atoms with Crippen molar-refractivity contribution in [3.63, 3.8) is 0 Å². The fourth-order valence-electron chi connectivity index (χ4n) is 2.10. The Kier molecular flexibility index (Phi) is 5.92. The second-order valence-electron chi connectivity index (χ2n) is 4.89. The largest absolute Gasteiger partial charge is 0.394 e. The summed E-state index contributed by atoms with van der Waals surface area (Å²) in [5.74, 6) is 4.82. The number of aliphatic hydroxyl groups excluding tert-OH is 3. The number of carbonyl (C=O) groups excluding carboxylic acids is 1. The average molecular weight is 345 g/mol. The summed E-state index contributed by atoms with van der Waals surface area (Å²) in [5.41, 5.74) is 5.24. The van der Waals surface area contributed by atoms with Gasteiger partial charge in [-0.15, -0.1) is 16.7 Å². The van der Waals surface area contributed by atoms with Gasteiger partial charge in [0.1, 0.15) is 18.3 Å². The van der Waals surface area contributed by atoms with E-state index in [1.54, 1.807) is 0 Å². The van der Waals surface area contributed by atoms with Crippen molar-refractivity contribution in [3.05, 3.63) is 11.6 Å². The average Bonchev–Trinajstić information content (AvgIpc) is 3.07. The number of primary amides is 1. The van der Waals surface area contributed by atoms with E-state index in [-0.39, 0.29) is 11.6 Å². The predicted octanol–water partition coefficient (Wildman–Crippen LogP) is -1.64. The molecule has 1 amide bonds. The molecule has 1 aliphatic heterocycles. The topological polar surface area (TPSA) is 144 Å². The number of halogens is 1. The van der Waals surface area contributed by atoms with Crippen molar-refractivity contribution in [3.8, 4) is 11.8 Å². The molecule has 0 radical (unpaired) electrons. The SMILES string of the molecule is NC(=O)c1nc(C#CCCCCl)nn1[C@@H]1O[C@H](CO)[C@@H](O)[C@H]1O. The van der Waals surface area contributed by atoms with Crippen LogP contribution in [0.5, 0.6) is 0 Å². The van der Waals surface area contributed by atoms with Crippen molar-refractivity contribution in [2.24, 2.45) is 5.73 Å². The summed E-state index contributed by atoms with van der Waals surface area (Å²) in [6.45, 7) is -0.500. The lowest BCUT2D eigenvalue weighted by atomic mass is 10.1. The van der Waals surface area contributed by atoms with E-state index in [4.69, 9.17) is 27.2 Å². The molecule has 2 heterocycles. The molecule has 0 bridgehead atoms. The maximum Gasteiger partial charge on any atom is 0.286 e. The standard InChI is InChI=1S/C13H17ClN4O5/c14-5-3-1-2-4-8-16-12(11(15)22)18(17-8)13-10(21)9(20)7(6-19)23-13/h7,9-10,13,19-21H,1,3,5-6H2,(H2,15,22)/t7-,9-,10-,13-/m1/s1. The van der Waals surface area contributed by atoms with Crippen molar-refractivity contribution in [1.82, 2.24) is 14.8 Å². The van der Waals surface area contributed by atoms with Gasteiger partial charge in [0.2, 0.25) is 11.6 Å². The van der Waals surface area contributed by atoms with E-state index >= 15 is 0 Å². The van der Waals surface area contributed by atoms with Gasteiger partial charge in [-0.25, -0.2) is 4.68 Å². The third-order valence-corrected chi connectivity index (χ3v) is 3.51. The first-order valence-electron chi connectivity index (χ1n) is 6.93. The van der Waals surface area contributed by atoms with Crippen molar-refractivity contribution >= 4 is 17.5 Å². The van der Waals surface area contributed by atoms with Gasteiger partial charge < -0.3 is 25.8 Å². The number of unbranched alkanes of at least 4 members (excludes halogenated alkanes) is 1. The highest BCUT2D eigenvalue weighted by atomic mass is 35.5. The third-order valence-electron chi connectivity index (χ3n) is 3.25. The minimum absolute atomic E-state index is 0.0334. The zero-order chi connectivity index (χ0) is 17.0. The number of aromatic nitrogens is 3. The number of ether oxygens (including phenoxy) is 1. The lowest BCUT2D eigenvalue weighted by Gasteiger charge is -2.15. The minimum atomic E-state index is -1.40. The molecule has 1 fully saturated rings. The number of carbonyl (C=O) groups is 1. The van der Waals surface area contributed by atoms with Gasteiger partial charge >= 0.3 is 0 Å². The quantitative estimate of drug-likeness (QED) is 0.285. The molecule has 1 aromatic heterocycles. The summed E-state index contributed by atoms with van der Waals surface area (Å²) >= 11 is 5.54. The molecule has 0 unspecified atom stereocenters. The van der Waals surface area contributed by atoms with Crippen LogP contribution in [0, 0.1) is 11.8 Å². The summed E-state index contributed by atoms with van der Waals surface area (Å²) in [5, 5.41) is 32.9. The summed E-state index contributed by atoms with van der Waals surface area (Å²) in [6.07, 6.45) is -3.68. The molecule has 126 valence electrons. The van der Waals surface area contributed by atoms with Crippen LogP contribution >= 0.6 is 11.6 Å². The summed E-state index contributed by atoms with van der Waals surface area (Å²) in [7, 11) is 0. The minimum Gasteiger partial charge on any atom is -0.394 e. The lowest BCUT2D eigenvalue weighted by molar-refractivity contribution is -0.0595. The third kappa shape index (κ3) is 3.80. The second kappa shape index (κ2) is 7.72. The van der Waals surface area contributed by atoms with Crippen LogP contribution in [0.2, 0.25) is 0 Å². The molecule has 23 heavy (non-hydrogen) atoms. The molecule has 0 aromatic carbocycles. The van der Waals surface area contributed by atoms with Gasteiger partial charge in [-0.1, -0.05) is 5.92 Å². The van der Waals surface area contributed by atoms with Crippen LogP contribution in [0.1, 0.15) is 35.5 Å². The molecule has 1 saturated heterocycles. The van der Waals surface area contributed by atoms with E-state index in [2.05, 4.69) is 21.9 Å². The molecular formula is C13H17ClN4O5.